The molecule has 4 nitrogen and oxygen atoms in total. The lowest BCUT2D eigenvalue weighted by atomic mass is 9.91. The molecule has 0 aliphatic heterocycles. The molecule has 0 spiro atoms. The van der Waals surface area contributed by atoms with Crippen molar-refractivity contribution in [1.29, 1.82) is 0 Å². The highest BCUT2D eigenvalue weighted by atomic mass is 32.2. The zero-order valence-corrected chi connectivity index (χ0v) is 9.06. The van der Waals surface area contributed by atoms with Crippen LogP contribution < -0.4 is 4.72 Å². The summed E-state index contributed by atoms with van der Waals surface area (Å²) in [6.45, 7) is 4.97. The summed E-state index contributed by atoms with van der Waals surface area (Å²) in [5, 5.41) is 8.98. The molecule has 1 rings (SSSR count). The van der Waals surface area contributed by atoms with Crippen LogP contribution in [0.2, 0.25) is 0 Å². The minimum atomic E-state index is -3.24. The number of aliphatic hydroxyl groups is 1. The minimum absolute atomic E-state index is 0.0702. The number of hydrogen-bond acceptors (Lipinski definition) is 3. The standard InChI is InChI=1S/C8H17NO3S/c1-8(2,3)13(11,12)9-6-4-7(10)5-6/h6-7,9-10H,4-5H2,1-3H3. The highest BCUT2D eigenvalue weighted by Crippen LogP contribution is 2.23. The first-order valence-corrected chi connectivity index (χ1v) is 5.90. The van der Waals surface area contributed by atoms with Gasteiger partial charge in [0.2, 0.25) is 10.0 Å². The maximum absolute atomic E-state index is 11.6. The van der Waals surface area contributed by atoms with Gasteiger partial charge in [-0.3, -0.25) is 0 Å². The van der Waals surface area contributed by atoms with Crippen molar-refractivity contribution in [3.05, 3.63) is 0 Å². The van der Waals surface area contributed by atoms with Gasteiger partial charge < -0.3 is 5.11 Å². The van der Waals surface area contributed by atoms with Gasteiger partial charge in [-0.2, -0.15) is 0 Å². The average Bonchev–Trinajstić information content (AvgIpc) is 1.80. The highest BCUT2D eigenvalue weighted by Gasteiger charge is 2.36. The second-order valence-corrected chi connectivity index (χ2v) is 7.02. The van der Waals surface area contributed by atoms with Crippen LogP contribution in [0.1, 0.15) is 33.6 Å². The Bertz CT molecular complexity index is 272. The predicted octanol–water partition coefficient (Wildman–Crippen LogP) is 0.228. The van der Waals surface area contributed by atoms with Crippen molar-refractivity contribution < 1.29 is 13.5 Å². The summed E-state index contributed by atoms with van der Waals surface area (Å²) in [5.41, 5.74) is 0. The Balaban J connectivity index is 2.54. The number of sulfonamides is 1. The van der Waals surface area contributed by atoms with Crippen LogP contribution in [0.4, 0.5) is 0 Å². The molecule has 0 aromatic heterocycles. The summed E-state index contributed by atoms with van der Waals surface area (Å²) in [4.78, 5) is 0. The lowest BCUT2D eigenvalue weighted by Crippen LogP contribution is -2.51. The Hall–Kier alpha value is -0.130. The topological polar surface area (TPSA) is 66.4 Å². The molecule has 2 N–H and O–H groups in total. The highest BCUT2D eigenvalue weighted by molar-refractivity contribution is 7.90. The van der Waals surface area contributed by atoms with Gasteiger partial charge in [0.05, 0.1) is 10.9 Å². The summed E-state index contributed by atoms with van der Waals surface area (Å²) in [7, 11) is -3.24. The summed E-state index contributed by atoms with van der Waals surface area (Å²) < 4.78 is 24.9. The molecule has 0 heterocycles. The van der Waals surface area contributed by atoms with E-state index in [1.54, 1.807) is 20.8 Å². The minimum Gasteiger partial charge on any atom is -0.393 e. The van der Waals surface area contributed by atoms with Crippen molar-refractivity contribution >= 4 is 10.0 Å². The van der Waals surface area contributed by atoms with Crippen LogP contribution in [-0.4, -0.2) is 30.4 Å². The van der Waals surface area contributed by atoms with E-state index in [0.717, 1.165) is 0 Å². The fraction of sp³-hybridized carbons (Fsp3) is 1.00. The summed E-state index contributed by atoms with van der Waals surface area (Å²) in [5.74, 6) is 0. The molecule has 0 atom stereocenters. The first kappa shape index (κ1) is 10.9. The molecular formula is C8H17NO3S. The van der Waals surface area contributed by atoms with Crippen molar-refractivity contribution in [2.24, 2.45) is 0 Å². The molecule has 1 fully saturated rings. The maximum atomic E-state index is 11.6. The molecule has 1 aliphatic rings. The Kier molecular flexibility index (Phi) is 2.71. The van der Waals surface area contributed by atoms with Crippen LogP contribution >= 0.6 is 0 Å². The SMILES string of the molecule is CC(C)(C)S(=O)(=O)NC1CC(O)C1. The number of hydrogen-bond donors (Lipinski definition) is 2. The number of nitrogens with one attached hydrogen (secondary N) is 1. The Morgan fingerprint density at radius 3 is 2.08 bits per heavy atom. The van der Waals surface area contributed by atoms with Crippen molar-refractivity contribution in [1.82, 2.24) is 4.72 Å². The molecule has 0 amide bonds. The largest absolute Gasteiger partial charge is 0.393 e. The van der Waals surface area contributed by atoms with Gasteiger partial charge in [0.25, 0.3) is 0 Å². The molecule has 0 radical (unpaired) electrons. The molecule has 5 heteroatoms. The van der Waals surface area contributed by atoms with Crippen LogP contribution in [0.25, 0.3) is 0 Å². The molecule has 1 aliphatic carbocycles. The second-order valence-electron chi connectivity index (χ2n) is 4.56. The molecule has 13 heavy (non-hydrogen) atoms. The van der Waals surface area contributed by atoms with Gasteiger partial charge in [-0.1, -0.05) is 0 Å². The molecular weight excluding hydrogens is 190 g/mol. The lowest BCUT2D eigenvalue weighted by Gasteiger charge is -2.34. The Morgan fingerprint density at radius 1 is 1.31 bits per heavy atom. The zero-order chi connectivity index (χ0) is 10.3. The molecule has 0 aromatic carbocycles. The number of aliphatic hydroxyl groups excluding tert-OH is 1. The van der Waals surface area contributed by atoms with Crippen LogP contribution in [0.3, 0.4) is 0 Å². The first-order valence-electron chi connectivity index (χ1n) is 4.42. The van der Waals surface area contributed by atoms with Crippen molar-refractivity contribution in [2.75, 3.05) is 0 Å². The average molecular weight is 207 g/mol. The molecule has 0 unspecified atom stereocenters. The lowest BCUT2D eigenvalue weighted by molar-refractivity contribution is 0.0709. The van der Waals surface area contributed by atoms with Crippen molar-refractivity contribution in [2.45, 2.75) is 50.5 Å². The van der Waals surface area contributed by atoms with E-state index >= 15 is 0 Å². The van der Waals surface area contributed by atoms with E-state index in [1.807, 2.05) is 0 Å². The van der Waals surface area contributed by atoms with Crippen LogP contribution in [0.15, 0.2) is 0 Å². The van der Waals surface area contributed by atoms with Gasteiger partial charge in [-0.15, -0.1) is 0 Å². The quantitative estimate of drug-likeness (QED) is 0.681. The molecule has 78 valence electrons. The van der Waals surface area contributed by atoms with Crippen LogP contribution in [-0.2, 0) is 10.0 Å². The van der Waals surface area contributed by atoms with Gasteiger partial charge >= 0.3 is 0 Å². The third-order valence-corrected chi connectivity index (χ3v) is 4.50. The maximum Gasteiger partial charge on any atom is 0.216 e. The van der Waals surface area contributed by atoms with Gasteiger partial charge in [0.15, 0.2) is 0 Å². The summed E-state index contributed by atoms with van der Waals surface area (Å²) in [6, 6.07) is -0.0702. The molecule has 1 saturated carbocycles. The van der Waals surface area contributed by atoms with Gasteiger partial charge in [0.1, 0.15) is 0 Å². The normalized spacial score (nSPS) is 29.8. The van der Waals surface area contributed by atoms with E-state index in [2.05, 4.69) is 4.72 Å². The van der Waals surface area contributed by atoms with E-state index < -0.39 is 14.8 Å². The Labute approximate surface area is 79.4 Å². The summed E-state index contributed by atoms with van der Waals surface area (Å²) >= 11 is 0. The van der Waals surface area contributed by atoms with Crippen molar-refractivity contribution in [3.8, 4) is 0 Å². The van der Waals surface area contributed by atoms with Gasteiger partial charge in [-0.05, 0) is 33.6 Å². The van der Waals surface area contributed by atoms with Crippen LogP contribution in [0.5, 0.6) is 0 Å². The monoisotopic (exact) mass is 207 g/mol. The van der Waals surface area contributed by atoms with Crippen molar-refractivity contribution in [3.63, 3.8) is 0 Å². The smallest absolute Gasteiger partial charge is 0.216 e. The fourth-order valence-corrected chi connectivity index (χ4v) is 2.07. The van der Waals surface area contributed by atoms with E-state index in [9.17, 15) is 8.42 Å². The molecule has 0 bridgehead atoms. The first-order chi connectivity index (χ1) is 5.72. The fourth-order valence-electron chi connectivity index (χ4n) is 1.08. The van der Waals surface area contributed by atoms with Gasteiger partial charge in [0, 0.05) is 6.04 Å². The molecule has 0 aromatic rings. The van der Waals surface area contributed by atoms with E-state index in [1.165, 1.54) is 0 Å². The zero-order valence-electron chi connectivity index (χ0n) is 8.24. The number of rotatable bonds is 2. The Morgan fingerprint density at radius 2 is 1.77 bits per heavy atom. The third kappa shape index (κ3) is 2.42. The van der Waals surface area contributed by atoms with Gasteiger partial charge in [-0.25, -0.2) is 13.1 Å². The third-order valence-electron chi connectivity index (χ3n) is 2.24. The van der Waals surface area contributed by atoms with E-state index in [4.69, 9.17) is 5.11 Å². The van der Waals surface area contributed by atoms with E-state index in [-0.39, 0.29) is 12.1 Å². The van der Waals surface area contributed by atoms with Crippen LogP contribution in [0, 0.1) is 0 Å². The second kappa shape index (κ2) is 3.22. The van der Waals surface area contributed by atoms with E-state index in [0.29, 0.717) is 12.8 Å². The molecule has 0 saturated heterocycles. The summed E-state index contributed by atoms with van der Waals surface area (Å²) in [6.07, 6.45) is 0.748. The predicted molar refractivity (Wildman–Crippen MR) is 50.8 cm³/mol.